The van der Waals surface area contributed by atoms with Crippen molar-refractivity contribution in [1.29, 1.82) is 0 Å². The number of nitrogens with one attached hydrogen (secondary N) is 1. The summed E-state index contributed by atoms with van der Waals surface area (Å²) in [6, 6.07) is 9.28. The highest BCUT2D eigenvalue weighted by Crippen LogP contribution is 2.19. The predicted octanol–water partition coefficient (Wildman–Crippen LogP) is 1.46. The first-order valence-electron chi connectivity index (χ1n) is 7.54. The molecule has 0 atom stereocenters. The van der Waals surface area contributed by atoms with E-state index in [1.54, 1.807) is 24.2 Å². The Bertz CT molecular complexity index is 970. The zero-order valence-electron chi connectivity index (χ0n) is 12.7. The summed E-state index contributed by atoms with van der Waals surface area (Å²) in [5, 5.41) is 7.85. The van der Waals surface area contributed by atoms with Gasteiger partial charge in [0.2, 0.25) is 0 Å². The molecule has 1 aromatic carbocycles. The van der Waals surface area contributed by atoms with Crippen molar-refractivity contribution in [3.8, 4) is 0 Å². The Kier molecular flexibility index (Phi) is 3.04. The molecule has 3 aromatic rings. The Morgan fingerprint density at radius 3 is 3.00 bits per heavy atom. The summed E-state index contributed by atoms with van der Waals surface area (Å²) < 4.78 is 1.54. The Balaban J connectivity index is 1.76. The number of fused-ring (bicyclic) bond motifs is 2. The number of carbonyl (C=O) groups excluding carboxylic acids is 1. The van der Waals surface area contributed by atoms with Gasteiger partial charge in [0, 0.05) is 37.8 Å². The monoisotopic (exact) mass is 308 g/mol. The largest absolute Gasteiger partial charge is 0.334 e. The van der Waals surface area contributed by atoms with Gasteiger partial charge in [-0.25, -0.2) is 0 Å². The normalized spacial score (nSPS) is 14.0. The van der Waals surface area contributed by atoms with Crippen molar-refractivity contribution >= 4 is 16.8 Å². The summed E-state index contributed by atoms with van der Waals surface area (Å²) in [6.45, 7) is 1.07. The molecule has 6 heteroatoms. The third-order valence-electron chi connectivity index (χ3n) is 4.45. The van der Waals surface area contributed by atoms with Crippen molar-refractivity contribution in [1.82, 2.24) is 19.7 Å². The Morgan fingerprint density at radius 1 is 1.30 bits per heavy atom. The molecule has 1 N–H and O–H groups in total. The van der Waals surface area contributed by atoms with Gasteiger partial charge in [0.05, 0.1) is 11.7 Å². The molecule has 4 rings (SSSR count). The third kappa shape index (κ3) is 2.14. The molecule has 1 aliphatic heterocycles. The summed E-state index contributed by atoms with van der Waals surface area (Å²) >= 11 is 0. The Hall–Kier alpha value is -2.89. The second-order valence-electron chi connectivity index (χ2n) is 5.83. The maximum absolute atomic E-state index is 12.8. The van der Waals surface area contributed by atoms with Crippen LogP contribution < -0.4 is 5.56 Å². The van der Waals surface area contributed by atoms with Crippen molar-refractivity contribution in [2.75, 3.05) is 6.54 Å². The lowest BCUT2D eigenvalue weighted by molar-refractivity contribution is 0.0732. The summed E-state index contributed by atoms with van der Waals surface area (Å²) in [6.07, 6.45) is 2.47. The van der Waals surface area contributed by atoms with Crippen LogP contribution >= 0.6 is 0 Å². The van der Waals surface area contributed by atoms with Crippen LogP contribution in [0.2, 0.25) is 0 Å². The number of pyridine rings is 1. The van der Waals surface area contributed by atoms with Gasteiger partial charge in [-0.2, -0.15) is 5.10 Å². The molecule has 1 aliphatic rings. The first-order valence-corrected chi connectivity index (χ1v) is 7.54. The quantitative estimate of drug-likeness (QED) is 0.740. The number of aromatic amines is 1. The average Bonchev–Trinajstić information content (AvgIpc) is 3.05. The zero-order chi connectivity index (χ0) is 16.0. The van der Waals surface area contributed by atoms with Gasteiger partial charge < -0.3 is 9.47 Å². The summed E-state index contributed by atoms with van der Waals surface area (Å²) in [7, 11) is 1.70. The highest BCUT2D eigenvalue weighted by atomic mass is 16.2. The molecular formula is C17H16N4O2. The fourth-order valence-corrected chi connectivity index (χ4v) is 3.14. The molecular weight excluding hydrogens is 292 g/mol. The van der Waals surface area contributed by atoms with Crippen molar-refractivity contribution in [3.05, 3.63) is 63.7 Å². The van der Waals surface area contributed by atoms with E-state index in [-0.39, 0.29) is 17.0 Å². The number of H-pyrrole nitrogens is 1. The van der Waals surface area contributed by atoms with Crippen molar-refractivity contribution in [3.63, 3.8) is 0 Å². The third-order valence-corrected chi connectivity index (χ3v) is 4.45. The number of hydrogen-bond acceptors (Lipinski definition) is 3. The second-order valence-corrected chi connectivity index (χ2v) is 5.83. The molecule has 0 saturated heterocycles. The van der Waals surface area contributed by atoms with E-state index in [1.807, 2.05) is 24.3 Å². The fraction of sp³-hybridized carbons (Fsp3) is 0.235. The molecule has 3 heterocycles. The fourth-order valence-electron chi connectivity index (χ4n) is 3.14. The smallest absolute Gasteiger partial charge is 0.263 e. The van der Waals surface area contributed by atoms with Crippen LogP contribution in [0.25, 0.3) is 10.9 Å². The van der Waals surface area contributed by atoms with Crippen LogP contribution in [-0.4, -0.2) is 32.1 Å². The molecule has 1 amide bonds. The van der Waals surface area contributed by atoms with Gasteiger partial charge in [-0.05, 0) is 17.5 Å². The lowest BCUT2D eigenvalue weighted by Crippen LogP contribution is -2.39. The number of rotatable bonds is 1. The van der Waals surface area contributed by atoms with Gasteiger partial charge in [-0.3, -0.25) is 14.7 Å². The van der Waals surface area contributed by atoms with E-state index in [1.165, 1.54) is 4.57 Å². The Labute approximate surface area is 132 Å². The molecule has 0 aliphatic carbocycles. The molecule has 0 bridgehead atoms. The van der Waals surface area contributed by atoms with Crippen LogP contribution in [-0.2, 0) is 20.0 Å². The van der Waals surface area contributed by atoms with Crippen molar-refractivity contribution < 1.29 is 4.79 Å². The number of nitrogens with zero attached hydrogens (tertiary/aromatic N) is 3. The van der Waals surface area contributed by atoms with Crippen LogP contribution in [0.1, 0.15) is 21.6 Å². The molecule has 23 heavy (non-hydrogen) atoms. The first kappa shape index (κ1) is 13.8. The van der Waals surface area contributed by atoms with E-state index < -0.39 is 0 Å². The second kappa shape index (κ2) is 5.08. The molecule has 0 unspecified atom stereocenters. The highest BCUT2D eigenvalue weighted by molar-refractivity contribution is 5.97. The number of para-hydroxylation sites is 1. The minimum Gasteiger partial charge on any atom is -0.334 e. The molecule has 0 radical (unpaired) electrons. The van der Waals surface area contributed by atoms with Crippen molar-refractivity contribution in [2.45, 2.75) is 13.0 Å². The first-order chi connectivity index (χ1) is 11.1. The lowest BCUT2D eigenvalue weighted by atomic mass is 10.1. The van der Waals surface area contributed by atoms with Gasteiger partial charge in [0.15, 0.2) is 0 Å². The van der Waals surface area contributed by atoms with E-state index in [2.05, 4.69) is 10.2 Å². The summed E-state index contributed by atoms with van der Waals surface area (Å²) in [5.74, 6) is -0.219. The number of benzene rings is 1. The van der Waals surface area contributed by atoms with Crippen molar-refractivity contribution in [2.24, 2.45) is 7.05 Å². The minimum absolute atomic E-state index is 0.219. The van der Waals surface area contributed by atoms with E-state index in [0.29, 0.717) is 13.1 Å². The molecule has 0 fully saturated rings. The SMILES string of the molecule is Cn1c(=O)c(C(=O)N2CCc3[nH]ncc3C2)cc2ccccc21. The van der Waals surface area contributed by atoms with Gasteiger partial charge in [0.1, 0.15) is 5.56 Å². The standard InChI is InChI=1S/C17H16N4O2/c1-20-15-5-3-2-4-11(15)8-13(16(20)22)17(23)21-7-6-14-12(10-21)9-18-19-14/h2-5,8-9H,6-7,10H2,1H3,(H,18,19). The van der Waals surface area contributed by atoms with E-state index in [4.69, 9.17) is 0 Å². The zero-order valence-corrected chi connectivity index (χ0v) is 12.7. The Morgan fingerprint density at radius 2 is 2.13 bits per heavy atom. The minimum atomic E-state index is -0.258. The average molecular weight is 308 g/mol. The number of carbonyl (C=O) groups is 1. The molecule has 6 nitrogen and oxygen atoms in total. The summed E-state index contributed by atoms with van der Waals surface area (Å²) in [4.78, 5) is 27.1. The van der Waals surface area contributed by atoms with Gasteiger partial charge in [0.25, 0.3) is 11.5 Å². The number of amides is 1. The molecule has 0 saturated carbocycles. The van der Waals surface area contributed by atoms with Crippen LogP contribution in [0.4, 0.5) is 0 Å². The number of aryl methyl sites for hydroxylation is 1. The van der Waals surface area contributed by atoms with Gasteiger partial charge >= 0.3 is 0 Å². The topological polar surface area (TPSA) is 71.0 Å². The number of aromatic nitrogens is 3. The predicted molar refractivity (Wildman–Crippen MR) is 86.2 cm³/mol. The van der Waals surface area contributed by atoms with E-state index >= 15 is 0 Å². The van der Waals surface area contributed by atoms with Gasteiger partial charge in [-0.1, -0.05) is 18.2 Å². The molecule has 0 spiro atoms. The number of hydrogen-bond donors (Lipinski definition) is 1. The lowest BCUT2D eigenvalue weighted by Gasteiger charge is -2.26. The highest BCUT2D eigenvalue weighted by Gasteiger charge is 2.25. The summed E-state index contributed by atoms with van der Waals surface area (Å²) in [5.41, 5.74) is 2.87. The molecule has 116 valence electrons. The van der Waals surface area contributed by atoms with Crippen LogP contribution in [0, 0.1) is 0 Å². The van der Waals surface area contributed by atoms with E-state index in [0.717, 1.165) is 28.6 Å². The van der Waals surface area contributed by atoms with E-state index in [9.17, 15) is 9.59 Å². The van der Waals surface area contributed by atoms with Gasteiger partial charge in [-0.15, -0.1) is 0 Å². The van der Waals surface area contributed by atoms with Crippen LogP contribution in [0.15, 0.2) is 41.3 Å². The molecule has 2 aromatic heterocycles. The maximum atomic E-state index is 12.8. The van der Waals surface area contributed by atoms with Crippen LogP contribution in [0.3, 0.4) is 0 Å². The van der Waals surface area contributed by atoms with Crippen LogP contribution in [0.5, 0.6) is 0 Å². The maximum Gasteiger partial charge on any atom is 0.263 e.